The number of carbonyl (C=O) groups is 2. The Kier molecular flexibility index (Phi) is 7.77. The van der Waals surface area contributed by atoms with Gasteiger partial charge >= 0.3 is 6.03 Å². The lowest BCUT2D eigenvalue weighted by atomic mass is 10.1. The van der Waals surface area contributed by atoms with Crippen LogP contribution in [0.3, 0.4) is 0 Å². The predicted molar refractivity (Wildman–Crippen MR) is 113 cm³/mol. The summed E-state index contributed by atoms with van der Waals surface area (Å²) in [6, 6.07) is 1.72. The summed E-state index contributed by atoms with van der Waals surface area (Å²) in [4.78, 5) is 36.8. The van der Waals surface area contributed by atoms with Gasteiger partial charge in [-0.15, -0.1) is 0 Å². The molecule has 2 rings (SSSR count). The van der Waals surface area contributed by atoms with Crippen molar-refractivity contribution >= 4 is 41.1 Å². The maximum absolute atomic E-state index is 12.1. The fourth-order valence-corrected chi connectivity index (χ4v) is 3.80. The first-order valence-electron chi connectivity index (χ1n) is 9.37. The molecule has 1 aromatic rings. The quantitative estimate of drug-likeness (QED) is 0.425. The molecular weight excluding hydrogens is 400 g/mol. The van der Waals surface area contributed by atoms with Crippen molar-refractivity contribution in [2.45, 2.75) is 51.4 Å². The minimum Gasteiger partial charge on any atom is -0.353 e. The number of halogens is 1. The summed E-state index contributed by atoms with van der Waals surface area (Å²) in [5.41, 5.74) is -0.280. The SMILES string of the molecule is CCNC(=O)N1CCN(c2cc(Cl)nc(SCC(=O)NC(C)(C)C)n2)CC1C. The molecule has 0 saturated carbocycles. The molecule has 1 aliphatic rings. The number of rotatable bonds is 5. The minimum absolute atomic E-state index is 0.0442. The lowest BCUT2D eigenvalue weighted by Gasteiger charge is -2.40. The molecule has 2 heterocycles. The van der Waals surface area contributed by atoms with Crippen molar-refractivity contribution in [1.82, 2.24) is 25.5 Å². The second kappa shape index (κ2) is 9.65. The van der Waals surface area contributed by atoms with Crippen LogP contribution in [0.15, 0.2) is 11.2 Å². The van der Waals surface area contributed by atoms with Gasteiger partial charge in [-0.2, -0.15) is 0 Å². The Labute approximate surface area is 175 Å². The van der Waals surface area contributed by atoms with Gasteiger partial charge in [0, 0.05) is 43.8 Å². The van der Waals surface area contributed by atoms with E-state index in [0.717, 1.165) is 0 Å². The van der Waals surface area contributed by atoms with E-state index >= 15 is 0 Å². The number of hydrogen-bond acceptors (Lipinski definition) is 6. The van der Waals surface area contributed by atoms with Crippen LogP contribution in [0.5, 0.6) is 0 Å². The molecule has 0 aromatic carbocycles. The van der Waals surface area contributed by atoms with Crippen LogP contribution in [0.1, 0.15) is 34.6 Å². The van der Waals surface area contributed by atoms with E-state index in [0.29, 0.717) is 42.3 Å². The minimum atomic E-state index is -0.280. The monoisotopic (exact) mass is 428 g/mol. The molecule has 0 aliphatic carbocycles. The number of nitrogens with zero attached hydrogens (tertiary/aromatic N) is 4. The highest BCUT2D eigenvalue weighted by Gasteiger charge is 2.28. The van der Waals surface area contributed by atoms with Crippen molar-refractivity contribution < 1.29 is 9.59 Å². The Bertz CT molecular complexity index is 712. The van der Waals surface area contributed by atoms with Gasteiger partial charge in [0.2, 0.25) is 5.91 Å². The maximum atomic E-state index is 12.1. The molecule has 1 aromatic heterocycles. The van der Waals surface area contributed by atoms with Crippen molar-refractivity contribution in [2.75, 3.05) is 36.8 Å². The first kappa shape index (κ1) is 22.5. The van der Waals surface area contributed by atoms with E-state index in [1.807, 2.05) is 39.5 Å². The second-order valence-corrected chi connectivity index (χ2v) is 9.07. The lowest BCUT2D eigenvalue weighted by molar-refractivity contribution is -0.119. The van der Waals surface area contributed by atoms with E-state index in [2.05, 4.69) is 25.5 Å². The average Bonchev–Trinajstić information content (AvgIpc) is 2.58. The molecule has 28 heavy (non-hydrogen) atoms. The zero-order valence-electron chi connectivity index (χ0n) is 17.1. The van der Waals surface area contributed by atoms with Gasteiger partial charge in [0.15, 0.2) is 5.16 Å². The third-order valence-corrected chi connectivity index (χ3v) is 5.09. The van der Waals surface area contributed by atoms with E-state index in [1.165, 1.54) is 11.8 Å². The van der Waals surface area contributed by atoms with Gasteiger partial charge in [0.25, 0.3) is 0 Å². The molecule has 3 amide bonds. The van der Waals surface area contributed by atoms with Crippen LogP contribution in [0, 0.1) is 0 Å². The first-order chi connectivity index (χ1) is 13.1. The van der Waals surface area contributed by atoms with Crippen molar-refractivity contribution in [3.8, 4) is 0 Å². The summed E-state index contributed by atoms with van der Waals surface area (Å²) in [6.07, 6.45) is 0. The summed E-state index contributed by atoms with van der Waals surface area (Å²) in [6.45, 7) is 12.2. The zero-order chi connectivity index (χ0) is 20.9. The number of carbonyl (C=O) groups excluding carboxylic acids is 2. The van der Waals surface area contributed by atoms with E-state index in [-0.39, 0.29) is 29.3 Å². The summed E-state index contributed by atoms with van der Waals surface area (Å²) in [5, 5.41) is 6.55. The summed E-state index contributed by atoms with van der Waals surface area (Å²) in [7, 11) is 0. The van der Waals surface area contributed by atoms with Crippen LogP contribution in [0.4, 0.5) is 10.6 Å². The van der Waals surface area contributed by atoms with Gasteiger partial charge in [-0.25, -0.2) is 14.8 Å². The van der Waals surface area contributed by atoms with E-state index < -0.39 is 0 Å². The van der Waals surface area contributed by atoms with Gasteiger partial charge in [-0.1, -0.05) is 23.4 Å². The number of thioether (sulfide) groups is 1. The highest BCUT2D eigenvalue weighted by Crippen LogP contribution is 2.24. The second-order valence-electron chi connectivity index (χ2n) is 7.74. The van der Waals surface area contributed by atoms with Crippen LogP contribution in [-0.2, 0) is 4.79 Å². The van der Waals surface area contributed by atoms with Crippen LogP contribution in [0.25, 0.3) is 0 Å². The van der Waals surface area contributed by atoms with Gasteiger partial charge in [-0.05, 0) is 34.6 Å². The third-order valence-electron chi connectivity index (χ3n) is 4.05. The van der Waals surface area contributed by atoms with Crippen LogP contribution < -0.4 is 15.5 Å². The number of anilines is 1. The van der Waals surface area contributed by atoms with Crippen molar-refractivity contribution in [1.29, 1.82) is 0 Å². The third kappa shape index (κ3) is 6.70. The van der Waals surface area contributed by atoms with Crippen molar-refractivity contribution in [3.63, 3.8) is 0 Å². The molecule has 0 radical (unpaired) electrons. The topological polar surface area (TPSA) is 90.5 Å². The molecule has 10 heteroatoms. The van der Waals surface area contributed by atoms with E-state index in [4.69, 9.17) is 11.6 Å². The van der Waals surface area contributed by atoms with Crippen LogP contribution in [0.2, 0.25) is 5.15 Å². The van der Waals surface area contributed by atoms with Gasteiger partial charge in [0.05, 0.1) is 5.75 Å². The fourth-order valence-electron chi connectivity index (χ4n) is 2.92. The Hall–Kier alpha value is -1.74. The summed E-state index contributed by atoms with van der Waals surface area (Å²) < 4.78 is 0. The van der Waals surface area contributed by atoms with E-state index in [9.17, 15) is 9.59 Å². The molecule has 1 atom stereocenters. The number of nitrogens with one attached hydrogen (secondary N) is 2. The highest BCUT2D eigenvalue weighted by atomic mass is 35.5. The molecule has 8 nitrogen and oxygen atoms in total. The Morgan fingerprint density at radius 3 is 2.64 bits per heavy atom. The smallest absolute Gasteiger partial charge is 0.317 e. The molecule has 0 spiro atoms. The number of amides is 3. The molecule has 1 aliphatic heterocycles. The zero-order valence-corrected chi connectivity index (χ0v) is 18.7. The molecule has 2 N–H and O–H groups in total. The maximum Gasteiger partial charge on any atom is 0.317 e. The molecule has 1 fully saturated rings. The van der Waals surface area contributed by atoms with Gasteiger partial charge in [-0.3, -0.25) is 4.79 Å². The Morgan fingerprint density at radius 2 is 2.04 bits per heavy atom. The van der Waals surface area contributed by atoms with Gasteiger partial charge < -0.3 is 20.4 Å². The van der Waals surface area contributed by atoms with Crippen molar-refractivity contribution in [2.24, 2.45) is 0 Å². The normalized spacial score (nSPS) is 17.4. The average molecular weight is 429 g/mol. The number of urea groups is 1. The number of aromatic nitrogens is 2. The molecule has 1 unspecified atom stereocenters. The summed E-state index contributed by atoms with van der Waals surface area (Å²) >= 11 is 7.44. The molecule has 156 valence electrons. The fraction of sp³-hybridized carbons (Fsp3) is 0.667. The number of piperazine rings is 1. The lowest BCUT2D eigenvalue weighted by Crippen LogP contribution is -2.56. The largest absolute Gasteiger partial charge is 0.353 e. The predicted octanol–water partition coefficient (Wildman–Crippen LogP) is 2.38. The Morgan fingerprint density at radius 1 is 1.32 bits per heavy atom. The Balaban J connectivity index is 2.01. The van der Waals surface area contributed by atoms with Crippen LogP contribution in [-0.4, -0.2) is 70.3 Å². The standard InChI is InChI=1S/C18H29ClN6O2S/c1-6-20-17(27)25-8-7-24(10-12(25)2)14-9-13(19)21-16(22-14)28-11-15(26)23-18(3,4)5/h9,12H,6-8,10-11H2,1-5H3,(H,20,27)(H,23,26). The number of hydrogen-bond donors (Lipinski definition) is 2. The van der Waals surface area contributed by atoms with Gasteiger partial charge in [0.1, 0.15) is 11.0 Å². The van der Waals surface area contributed by atoms with E-state index in [1.54, 1.807) is 6.07 Å². The van der Waals surface area contributed by atoms with Crippen LogP contribution >= 0.6 is 23.4 Å². The highest BCUT2D eigenvalue weighted by molar-refractivity contribution is 7.99. The summed E-state index contributed by atoms with van der Waals surface area (Å²) in [5.74, 6) is 0.853. The first-order valence-corrected chi connectivity index (χ1v) is 10.7. The molecule has 1 saturated heterocycles. The molecular formula is C18H29ClN6O2S. The molecule has 0 bridgehead atoms. The van der Waals surface area contributed by atoms with Crippen molar-refractivity contribution in [3.05, 3.63) is 11.2 Å².